The van der Waals surface area contributed by atoms with Crippen molar-refractivity contribution in [1.29, 1.82) is 0 Å². The van der Waals surface area contributed by atoms with Crippen LogP contribution in [0.5, 0.6) is 0 Å². The van der Waals surface area contributed by atoms with Crippen molar-refractivity contribution < 1.29 is 14.5 Å². The summed E-state index contributed by atoms with van der Waals surface area (Å²) in [4.78, 5) is 37.7. The van der Waals surface area contributed by atoms with E-state index in [-0.39, 0.29) is 16.7 Å². The van der Waals surface area contributed by atoms with Crippen LogP contribution in [0.4, 0.5) is 11.5 Å². The van der Waals surface area contributed by atoms with E-state index in [9.17, 15) is 19.7 Å². The zero-order valence-corrected chi connectivity index (χ0v) is 13.6. The van der Waals surface area contributed by atoms with Crippen LogP contribution in [-0.4, -0.2) is 22.1 Å². The standard InChI is InChI=1S/C17H17N3O4/c1-17(2,3)14-8-7-13(15(19-14)20(23)24)18-16(22)12-6-4-5-11(9-12)10-21/h4-10H,1-3H3,(H,18,22). The van der Waals surface area contributed by atoms with Gasteiger partial charge in [0.2, 0.25) is 0 Å². The zero-order chi connectivity index (χ0) is 17.9. The summed E-state index contributed by atoms with van der Waals surface area (Å²) in [6.07, 6.45) is 0.624. The Labute approximate surface area is 138 Å². The summed E-state index contributed by atoms with van der Waals surface area (Å²) in [6.45, 7) is 5.67. The lowest BCUT2D eigenvalue weighted by Crippen LogP contribution is -2.17. The SMILES string of the molecule is CC(C)(C)c1ccc(NC(=O)c2cccc(C=O)c2)c([N+](=O)[O-])n1. The van der Waals surface area contributed by atoms with Gasteiger partial charge in [-0.2, -0.15) is 0 Å². The minimum atomic E-state index is -0.632. The van der Waals surface area contributed by atoms with Crippen molar-refractivity contribution in [2.24, 2.45) is 0 Å². The largest absolute Gasteiger partial charge is 0.387 e. The van der Waals surface area contributed by atoms with Gasteiger partial charge in [-0.25, -0.2) is 0 Å². The number of carbonyl (C=O) groups excluding carboxylic acids is 2. The molecular formula is C17H17N3O4. The summed E-state index contributed by atoms with van der Waals surface area (Å²) in [6, 6.07) is 9.16. The molecule has 24 heavy (non-hydrogen) atoms. The Hall–Kier alpha value is -3.09. The quantitative estimate of drug-likeness (QED) is 0.527. The number of nitro groups is 1. The summed E-state index contributed by atoms with van der Waals surface area (Å²) < 4.78 is 0. The molecule has 0 unspecified atom stereocenters. The van der Waals surface area contributed by atoms with Crippen LogP contribution in [0.3, 0.4) is 0 Å². The Kier molecular flexibility index (Phi) is 4.73. The highest BCUT2D eigenvalue weighted by Crippen LogP contribution is 2.28. The van der Waals surface area contributed by atoms with Gasteiger partial charge in [0.25, 0.3) is 5.91 Å². The van der Waals surface area contributed by atoms with Crippen LogP contribution >= 0.6 is 0 Å². The summed E-state index contributed by atoms with van der Waals surface area (Å²) in [5.74, 6) is -0.963. The number of pyridine rings is 1. The smallest absolute Gasteiger partial charge is 0.358 e. The van der Waals surface area contributed by atoms with Gasteiger partial charge in [0.1, 0.15) is 12.0 Å². The minimum absolute atomic E-state index is 0.00880. The number of carbonyl (C=O) groups is 2. The summed E-state index contributed by atoms with van der Waals surface area (Å²) in [5.41, 5.74) is 0.780. The maximum Gasteiger partial charge on any atom is 0.387 e. The third-order valence-electron chi connectivity index (χ3n) is 3.35. The van der Waals surface area contributed by atoms with Gasteiger partial charge in [0.15, 0.2) is 5.69 Å². The van der Waals surface area contributed by atoms with Crippen LogP contribution in [0.1, 0.15) is 47.2 Å². The Bertz CT molecular complexity index is 810. The highest BCUT2D eigenvalue weighted by atomic mass is 16.6. The van der Waals surface area contributed by atoms with Gasteiger partial charge < -0.3 is 15.4 Å². The molecule has 1 amide bonds. The van der Waals surface area contributed by atoms with Crippen LogP contribution in [0.2, 0.25) is 0 Å². The molecule has 0 radical (unpaired) electrons. The number of nitrogens with zero attached hydrogens (tertiary/aromatic N) is 2. The second-order valence-corrected chi connectivity index (χ2v) is 6.27. The Morgan fingerprint density at radius 2 is 1.96 bits per heavy atom. The minimum Gasteiger partial charge on any atom is -0.358 e. The molecule has 0 aliphatic rings. The predicted octanol–water partition coefficient (Wildman–Crippen LogP) is 3.35. The fourth-order valence-corrected chi connectivity index (χ4v) is 2.05. The molecule has 0 fully saturated rings. The van der Waals surface area contributed by atoms with Crippen LogP contribution in [-0.2, 0) is 5.41 Å². The zero-order valence-electron chi connectivity index (χ0n) is 13.6. The molecule has 7 nitrogen and oxygen atoms in total. The molecule has 0 saturated heterocycles. The monoisotopic (exact) mass is 327 g/mol. The molecule has 1 aromatic carbocycles. The highest BCUT2D eigenvalue weighted by molar-refractivity contribution is 6.05. The average molecular weight is 327 g/mol. The molecule has 1 aromatic heterocycles. The first kappa shape index (κ1) is 17.3. The number of anilines is 1. The molecule has 0 atom stereocenters. The van der Waals surface area contributed by atoms with Crippen molar-refractivity contribution in [3.05, 3.63) is 63.3 Å². The van der Waals surface area contributed by atoms with Crippen molar-refractivity contribution in [3.8, 4) is 0 Å². The molecule has 7 heteroatoms. The molecular weight excluding hydrogens is 310 g/mol. The number of nitrogens with one attached hydrogen (secondary N) is 1. The van der Waals surface area contributed by atoms with Gasteiger partial charge >= 0.3 is 5.82 Å². The number of aldehydes is 1. The van der Waals surface area contributed by atoms with E-state index in [1.807, 2.05) is 20.8 Å². The van der Waals surface area contributed by atoms with Crippen molar-refractivity contribution in [1.82, 2.24) is 4.98 Å². The van der Waals surface area contributed by atoms with E-state index < -0.39 is 16.6 Å². The third kappa shape index (κ3) is 3.81. The lowest BCUT2D eigenvalue weighted by molar-refractivity contribution is -0.388. The third-order valence-corrected chi connectivity index (χ3v) is 3.35. The fraction of sp³-hybridized carbons (Fsp3) is 0.235. The number of rotatable bonds is 4. The molecule has 1 N–H and O–H groups in total. The van der Waals surface area contributed by atoms with Crippen molar-refractivity contribution in [2.45, 2.75) is 26.2 Å². The normalized spacial score (nSPS) is 11.0. The highest BCUT2D eigenvalue weighted by Gasteiger charge is 2.26. The van der Waals surface area contributed by atoms with Crippen LogP contribution in [0.15, 0.2) is 36.4 Å². The topological polar surface area (TPSA) is 102 Å². The van der Waals surface area contributed by atoms with Gasteiger partial charge in [-0.05, 0) is 34.2 Å². The van der Waals surface area contributed by atoms with Gasteiger partial charge in [0.05, 0.1) is 0 Å². The van der Waals surface area contributed by atoms with Crippen LogP contribution in [0.25, 0.3) is 0 Å². The Morgan fingerprint density at radius 3 is 2.54 bits per heavy atom. The van der Waals surface area contributed by atoms with Crippen molar-refractivity contribution in [3.63, 3.8) is 0 Å². The fourth-order valence-electron chi connectivity index (χ4n) is 2.05. The molecule has 0 saturated carbocycles. The van der Waals surface area contributed by atoms with Crippen LogP contribution in [0, 0.1) is 10.1 Å². The number of hydrogen-bond donors (Lipinski definition) is 1. The van der Waals surface area contributed by atoms with E-state index in [0.717, 1.165) is 0 Å². The summed E-state index contributed by atoms with van der Waals surface area (Å²) >= 11 is 0. The number of hydrogen-bond acceptors (Lipinski definition) is 5. The van der Waals surface area contributed by atoms with Gasteiger partial charge in [-0.1, -0.05) is 32.9 Å². The molecule has 2 rings (SSSR count). The maximum atomic E-state index is 12.3. The van der Waals surface area contributed by atoms with Crippen LogP contribution < -0.4 is 5.32 Å². The van der Waals surface area contributed by atoms with Crippen molar-refractivity contribution in [2.75, 3.05) is 5.32 Å². The van der Waals surface area contributed by atoms with Gasteiger partial charge in [0, 0.05) is 16.5 Å². The first-order valence-corrected chi connectivity index (χ1v) is 7.25. The molecule has 1 heterocycles. The van der Waals surface area contributed by atoms with E-state index in [4.69, 9.17) is 0 Å². The number of aromatic nitrogens is 1. The lowest BCUT2D eigenvalue weighted by atomic mass is 9.91. The van der Waals surface area contributed by atoms with Crippen molar-refractivity contribution >= 4 is 23.7 Å². The predicted molar refractivity (Wildman–Crippen MR) is 89.4 cm³/mol. The van der Waals surface area contributed by atoms with Gasteiger partial charge in [-0.3, -0.25) is 9.59 Å². The number of amides is 1. The Morgan fingerprint density at radius 1 is 1.25 bits per heavy atom. The molecule has 0 aliphatic carbocycles. The average Bonchev–Trinajstić information content (AvgIpc) is 2.54. The van der Waals surface area contributed by atoms with Gasteiger partial charge in [-0.15, -0.1) is 0 Å². The first-order chi connectivity index (χ1) is 11.2. The Balaban J connectivity index is 2.36. The van der Waals surface area contributed by atoms with E-state index in [1.165, 1.54) is 18.2 Å². The molecule has 0 aliphatic heterocycles. The van der Waals surface area contributed by atoms with E-state index in [0.29, 0.717) is 17.5 Å². The second-order valence-electron chi connectivity index (χ2n) is 6.27. The number of benzene rings is 1. The molecule has 2 aromatic rings. The molecule has 0 bridgehead atoms. The summed E-state index contributed by atoms with van der Waals surface area (Å²) in [7, 11) is 0. The maximum absolute atomic E-state index is 12.3. The lowest BCUT2D eigenvalue weighted by Gasteiger charge is -2.14. The molecule has 124 valence electrons. The van der Waals surface area contributed by atoms with E-state index in [2.05, 4.69) is 10.3 Å². The summed E-state index contributed by atoms with van der Waals surface area (Å²) in [5, 5.41) is 13.7. The molecule has 0 spiro atoms. The van der Waals surface area contributed by atoms with E-state index >= 15 is 0 Å². The first-order valence-electron chi connectivity index (χ1n) is 7.25. The second kappa shape index (κ2) is 6.57. The van der Waals surface area contributed by atoms with E-state index in [1.54, 1.807) is 18.2 Å².